The van der Waals surface area contributed by atoms with Crippen molar-refractivity contribution < 1.29 is 18.7 Å². The Hall–Kier alpha value is -2.74. The first-order chi connectivity index (χ1) is 13.8. The zero-order valence-electron chi connectivity index (χ0n) is 17.0. The van der Waals surface area contributed by atoms with E-state index in [1.54, 1.807) is 23.1 Å². The fourth-order valence-electron chi connectivity index (χ4n) is 3.39. The van der Waals surface area contributed by atoms with Crippen molar-refractivity contribution in [2.75, 3.05) is 26.2 Å². The molecule has 0 saturated carbocycles. The molecule has 0 spiro atoms. The third kappa shape index (κ3) is 5.63. The summed E-state index contributed by atoms with van der Waals surface area (Å²) in [6.07, 6.45) is -0.382. The van der Waals surface area contributed by atoms with Gasteiger partial charge in [0.05, 0.1) is 12.7 Å². The van der Waals surface area contributed by atoms with Crippen LogP contribution in [0.2, 0.25) is 0 Å². The zero-order chi connectivity index (χ0) is 21.0. The summed E-state index contributed by atoms with van der Waals surface area (Å²) in [5, 5.41) is 6.77. The number of aryl methyl sites for hydroxylation is 1. The number of benzene rings is 1. The van der Waals surface area contributed by atoms with Gasteiger partial charge in [-0.15, -0.1) is 0 Å². The highest BCUT2D eigenvalue weighted by molar-refractivity contribution is 5.95. The number of aromatic nitrogens is 2. The summed E-state index contributed by atoms with van der Waals surface area (Å²) in [7, 11) is 0. The maximum Gasteiger partial charge on any atom is 0.274 e. The number of amides is 2. The first-order valence-electron chi connectivity index (χ1n) is 9.77. The molecule has 2 amide bonds. The van der Waals surface area contributed by atoms with E-state index in [-0.39, 0.29) is 49.1 Å². The van der Waals surface area contributed by atoms with Crippen LogP contribution in [-0.2, 0) is 16.1 Å². The van der Waals surface area contributed by atoms with Crippen LogP contribution >= 0.6 is 0 Å². The molecule has 1 aliphatic rings. The molecule has 8 heteroatoms. The maximum atomic E-state index is 13.4. The van der Waals surface area contributed by atoms with Gasteiger partial charge in [0.1, 0.15) is 18.1 Å². The average Bonchev–Trinajstić information content (AvgIpc) is 3.03. The van der Waals surface area contributed by atoms with Gasteiger partial charge in [0.25, 0.3) is 5.91 Å². The van der Waals surface area contributed by atoms with Gasteiger partial charge < -0.3 is 14.5 Å². The van der Waals surface area contributed by atoms with Crippen LogP contribution in [0.3, 0.4) is 0 Å². The number of nitrogens with one attached hydrogen (secondary N) is 1. The van der Waals surface area contributed by atoms with E-state index in [0.717, 1.165) is 5.69 Å². The van der Waals surface area contributed by atoms with Crippen LogP contribution in [0.25, 0.3) is 0 Å². The molecule has 1 unspecified atom stereocenters. The number of ether oxygens (including phenoxy) is 1. The molecule has 1 fully saturated rings. The van der Waals surface area contributed by atoms with Crippen molar-refractivity contribution in [2.24, 2.45) is 5.92 Å². The molecule has 2 heterocycles. The predicted octanol–water partition coefficient (Wildman–Crippen LogP) is 2.38. The van der Waals surface area contributed by atoms with Crippen LogP contribution in [0, 0.1) is 18.7 Å². The lowest BCUT2D eigenvalue weighted by atomic mass is 10.2. The number of carbonyl (C=O) groups excluding carboxylic acids is 2. The lowest BCUT2D eigenvalue weighted by molar-refractivity contribution is -0.132. The van der Waals surface area contributed by atoms with Gasteiger partial charge in [-0.2, -0.15) is 5.10 Å². The van der Waals surface area contributed by atoms with Crippen LogP contribution in [0.5, 0.6) is 0 Å². The van der Waals surface area contributed by atoms with Gasteiger partial charge in [-0.05, 0) is 36.6 Å². The fraction of sp³-hybridized carbons (Fsp3) is 0.476. The second-order valence-corrected chi connectivity index (χ2v) is 7.88. The van der Waals surface area contributed by atoms with Crippen LogP contribution in [0.4, 0.5) is 4.39 Å². The molecule has 1 N–H and O–H groups in total. The number of H-pyrrole nitrogens is 1. The van der Waals surface area contributed by atoms with E-state index in [2.05, 4.69) is 10.2 Å². The number of aromatic amines is 1. The molecule has 0 bridgehead atoms. The van der Waals surface area contributed by atoms with Gasteiger partial charge in [0.2, 0.25) is 5.91 Å². The summed E-state index contributed by atoms with van der Waals surface area (Å²) >= 11 is 0. The molecule has 1 aromatic heterocycles. The second kappa shape index (κ2) is 9.17. The Bertz CT molecular complexity index is 867. The van der Waals surface area contributed by atoms with Crippen LogP contribution in [0.15, 0.2) is 30.3 Å². The number of halogens is 1. The zero-order valence-corrected chi connectivity index (χ0v) is 17.0. The van der Waals surface area contributed by atoms with Gasteiger partial charge >= 0.3 is 0 Å². The highest BCUT2D eigenvalue weighted by Gasteiger charge is 2.32. The van der Waals surface area contributed by atoms with Gasteiger partial charge in [0.15, 0.2) is 0 Å². The Morgan fingerprint density at radius 1 is 1.34 bits per heavy atom. The van der Waals surface area contributed by atoms with Crippen molar-refractivity contribution in [3.05, 3.63) is 53.1 Å². The van der Waals surface area contributed by atoms with E-state index in [4.69, 9.17) is 4.74 Å². The Morgan fingerprint density at radius 2 is 2.14 bits per heavy atom. The Labute approximate surface area is 169 Å². The minimum atomic E-state index is -0.382. The van der Waals surface area contributed by atoms with Crippen molar-refractivity contribution >= 4 is 11.8 Å². The van der Waals surface area contributed by atoms with Gasteiger partial charge in [-0.1, -0.05) is 26.0 Å². The highest BCUT2D eigenvalue weighted by Crippen LogP contribution is 2.15. The normalized spacial score (nSPS) is 17.7. The molecule has 1 atom stereocenters. The van der Waals surface area contributed by atoms with E-state index in [0.29, 0.717) is 24.6 Å². The molecular formula is C21H27FN4O3. The van der Waals surface area contributed by atoms with E-state index in [1.807, 2.05) is 20.8 Å². The Kier molecular flexibility index (Phi) is 6.64. The van der Waals surface area contributed by atoms with Crippen molar-refractivity contribution in [1.82, 2.24) is 20.0 Å². The SMILES string of the molecule is Cc1cc(C(=O)N2CC(=O)N(CC(C)C)CC(OCc3cccc(F)c3)C2)n[nH]1. The topological polar surface area (TPSA) is 78.5 Å². The van der Waals surface area contributed by atoms with Crippen LogP contribution in [0.1, 0.15) is 35.6 Å². The molecule has 2 aromatic rings. The Balaban J connectivity index is 1.76. The smallest absolute Gasteiger partial charge is 0.274 e. The molecule has 156 valence electrons. The number of carbonyl (C=O) groups is 2. The molecule has 0 radical (unpaired) electrons. The summed E-state index contributed by atoms with van der Waals surface area (Å²) in [6.45, 7) is 7.31. The molecule has 0 aliphatic carbocycles. The molecule has 1 aromatic carbocycles. The summed E-state index contributed by atoms with van der Waals surface area (Å²) in [5.41, 5.74) is 1.75. The lowest BCUT2D eigenvalue weighted by Gasteiger charge is -2.26. The number of hydrogen-bond donors (Lipinski definition) is 1. The van der Waals surface area contributed by atoms with Crippen LogP contribution < -0.4 is 0 Å². The van der Waals surface area contributed by atoms with Crippen molar-refractivity contribution in [2.45, 2.75) is 33.5 Å². The first-order valence-corrected chi connectivity index (χ1v) is 9.77. The van der Waals surface area contributed by atoms with Crippen molar-refractivity contribution in [3.63, 3.8) is 0 Å². The Morgan fingerprint density at radius 3 is 2.79 bits per heavy atom. The molecular weight excluding hydrogens is 375 g/mol. The van der Waals surface area contributed by atoms with E-state index >= 15 is 0 Å². The number of rotatable bonds is 6. The van der Waals surface area contributed by atoms with Crippen molar-refractivity contribution in [3.8, 4) is 0 Å². The second-order valence-electron chi connectivity index (χ2n) is 7.88. The highest BCUT2D eigenvalue weighted by atomic mass is 19.1. The van der Waals surface area contributed by atoms with E-state index < -0.39 is 0 Å². The molecule has 7 nitrogen and oxygen atoms in total. The molecule has 1 aliphatic heterocycles. The van der Waals surface area contributed by atoms with Gasteiger partial charge in [-0.3, -0.25) is 14.7 Å². The monoisotopic (exact) mass is 402 g/mol. The van der Waals surface area contributed by atoms with Crippen LogP contribution in [-0.4, -0.2) is 64.1 Å². The molecule has 29 heavy (non-hydrogen) atoms. The fourth-order valence-corrected chi connectivity index (χ4v) is 3.39. The molecule has 1 saturated heterocycles. The lowest BCUT2D eigenvalue weighted by Crippen LogP contribution is -2.40. The largest absolute Gasteiger partial charge is 0.370 e. The first kappa shape index (κ1) is 21.0. The minimum Gasteiger partial charge on any atom is -0.370 e. The quantitative estimate of drug-likeness (QED) is 0.805. The average molecular weight is 402 g/mol. The van der Waals surface area contributed by atoms with Crippen molar-refractivity contribution in [1.29, 1.82) is 0 Å². The third-order valence-corrected chi connectivity index (χ3v) is 4.70. The third-order valence-electron chi connectivity index (χ3n) is 4.70. The van der Waals surface area contributed by atoms with Gasteiger partial charge in [-0.25, -0.2) is 4.39 Å². The number of nitrogens with zero attached hydrogens (tertiary/aromatic N) is 3. The van der Waals surface area contributed by atoms with E-state index in [1.165, 1.54) is 17.0 Å². The summed E-state index contributed by atoms with van der Waals surface area (Å²) < 4.78 is 19.4. The summed E-state index contributed by atoms with van der Waals surface area (Å²) in [5.74, 6) is -0.460. The molecule has 3 rings (SSSR count). The van der Waals surface area contributed by atoms with E-state index in [9.17, 15) is 14.0 Å². The summed E-state index contributed by atoms with van der Waals surface area (Å²) in [4.78, 5) is 28.9. The minimum absolute atomic E-state index is 0.0166. The van der Waals surface area contributed by atoms with Gasteiger partial charge in [0, 0.05) is 25.3 Å². The maximum absolute atomic E-state index is 13.4. The predicted molar refractivity (Wildman–Crippen MR) is 106 cm³/mol. The standard InChI is InChI=1S/C21H27FN4O3/c1-14(2)9-25-10-18(29-13-16-5-4-6-17(22)8-16)11-26(12-20(25)27)21(28)19-7-15(3)23-24-19/h4-8,14,18H,9-13H2,1-3H3,(H,23,24). The summed E-state index contributed by atoms with van der Waals surface area (Å²) in [6, 6.07) is 7.87. The number of hydrogen-bond acceptors (Lipinski definition) is 4.